The molecule has 0 N–H and O–H groups in total. The lowest BCUT2D eigenvalue weighted by Gasteiger charge is -2.09. The largest absolute Gasteiger partial charge is 0.487 e. The number of hydrogen-bond donors (Lipinski definition) is 0. The van der Waals surface area contributed by atoms with Gasteiger partial charge in [-0.15, -0.1) is 0 Å². The predicted molar refractivity (Wildman–Crippen MR) is 73.6 cm³/mol. The third-order valence-corrected chi connectivity index (χ3v) is 3.02. The van der Waals surface area contributed by atoms with E-state index in [9.17, 15) is 10.1 Å². The number of para-hydroxylation sites is 1. The van der Waals surface area contributed by atoms with E-state index in [4.69, 9.17) is 21.6 Å². The Bertz CT molecular complexity index is 695. The molecule has 0 unspecified atom stereocenters. The predicted octanol–water partition coefficient (Wildman–Crippen LogP) is 3.70. The molecule has 0 fully saturated rings. The second kappa shape index (κ2) is 6.04. The zero-order valence-electron chi connectivity index (χ0n) is 10.2. The quantitative estimate of drug-likeness (QED) is 0.635. The van der Waals surface area contributed by atoms with Crippen molar-refractivity contribution >= 4 is 17.3 Å². The van der Waals surface area contributed by atoms with Gasteiger partial charge in [-0.2, -0.15) is 5.26 Å². The molecule has 6 heteroatoms. The fraction of sp³-hybridized carbons (Fsp3) is 0.0714. The number of hydrogen-bond acceptors (Lipinski definition) is 4. The number of nitriles is 1. The van der Waals surface area contributed by atoms with E-state index in [1.165, 1.54) is 12.1 Å². The fourth-order valence-corrected chi connectivity index (χ4v) is 1.92. The van der Waals surface area contributed by atoms with Crippen molar-refractivity contribution in [3.05, 3.63) is 68.7 Å². The first kappa shape index (κ1) is 13.8. The third kappa shape index (κ3) is 2.87. The fourth-order valence-electron chi connectivity index (χ4n) is 1.70. The summed E-state index contributed by atoms with van der Waals surface area (Å²) in [6.45, 7) is -0.0747. The number of ether oxygens (including phenoxy) is 1. The summed E-state index contributed by atoms with van der Waals surface area (Å²) in [7, 11) is 0. The third-order valence-electron chi connectivity index (χ3n) is 2.67. The maximum atomic E-state index is 10.9. The minimum absolute atomic E-state index is 0.0747. The molecule has 0 aliphatic rings. The van der Waals surface area contributed by atoms with E-state index < -0.39 is 4.92 Å². The monoisotopic (exact) mass is 288 g/mol. The molecule has 0 spiro atoms. The first-order chi connectivity index (χ1) is 9.63. The molecule has 0 saturated heterocycles. The molecule has 0 bridgehead atoms. The van der Waals surface area contributed by atoms with Crippen LogP contribution in [0.5, 0.6) is 5.75 Å². The van der Waals surface area contributed by atoms with Gasteiger partial charge in [-0.3, -0.25) is 10.1 Å². The van der Waals surface area contributed by atoms with Gasteiger partial charge in [-0.1, -0.05) is 29.8 Å². The Labute approximate surface area is 120 Å². The lowest BCUT2D eigenvalue weighted by atomic mass is 10.2. The maximum absolute atomic E-state index is 10.9. The topological polar surface area (TPSA) is 76.2 Å². The van der Waals surface area contributed by atoms with Crippen LogP contribution in [0.1, 0.15) is 11.1 Å². The van der Waals surface area contributed by atoms with E-state index in [1.807, 2.05) is 6.07 Å². The van der Waals surface area contributed by atoms with Gasteiger partial charge < -0.3 is 4.74 Å². The van der Waals surface area contributed by atoms with E-state index in [1.54, 1.807) is 30.3 Å². The van der Waals surface area contributed by atoms with Crippen LogP contribution in [-0.4, -0.2) is 4.92 Å². The van der Waals surface area contributed by atoms with Crippen molar-refractivity contribution in [1.29, 1.82) is 5.26 Å². The smallest absolute Gasteiger partial charge is 0.277 e. The molecule has 0 radical (unpaired) electrons. The Hall–Kier alpha value is -2.58. The molecule has 20 heavy (non-hydrogen) atoms. The van der Waals surface area contributed by atoms with Crippen LogP contribution in [0.25, 0.3) is 0 Å². The Morgan fingerprint density at radius 3 is 2.70 bits per heavy atom. The number of benzene rings is 2. The van der Waals surface area contributed by atoms with Crippen LogP contribution in [0.15, 0.2) is 42.5 Å². The van der Waals surface area contributed by atoms with Gasteiger partial charge in [0, 0.05) is 6.07 Å². The number of rotatable bonds is 4. The van der Waals surface area contributed by atoms with Crippen molar-refractivity contribution in [3.63, 3.8) is 0 Å². The van der Waals surface area contributed by atoms with Gasteiger partial charge in [0.25, 0.3) is 5.69 Å². The Morgan fingerprint density at radius 2 is 2.00 bits per heavy atom. The second-order valence-corrected chi connectivity index (χ2v) is 4.30. The van der Waals surface area contributed by atoms with Gasteiger partial charge in [0.2, 0.25) is 0 Å². The van der Waals surface area contributed by atoms with Gasteiger partial charge in [0.1, 0.15) is 18.4 Å². The van der Waals surface area contributed by atoms with E-state index >= 15 is 0 Å². The molecule has 0 aliphatic heterocycles. The van der Waals surface area contributed by atoms with Crippen molar-refractivity contribution in [3.8, 4) is 11.8 Å². The molecular weight excluding hydrogens is 280 g/mol. The Kier molecular flexibility index (Phi) is 4.18. The highest BCUT2D eigenvalue weighted by Gasteiger charge is 2.17. The number of halogens is 1. The zero-order chi connectivity index (χ0) is 14.5. The van der Waals surface area contributed by atoms with Crippen molar-refractivity contribution < 1.29 is 9.66 Å². The Morgan fingerprint density at radius 1 is 1.25 bits per heavy atom. The minimum Gasteiger partial charge on any atom is -0.487 e. The summed E-state index contributed by atoms with van der Waals surface area (Å²) in [4.78, 5) is 10.4. The summed E-state index contributed by atoms with van der Waals surface area (Å²) in [6.07, 6.45) is 0. The van der Waals surface area contributed by atoms with Crippen LogP contribution in [0, 0.1) is 21.4 Å². The summed E-state index contributed by atoms with van der Waals surface area (Å²) in [6, 6.07) is 13.1. The van der Waals surface area contributed by atoms with E-state index in [0.29, 0.717) is 11.3 Å². The average molecular weight is 289 g/mol. The number of nitrogens with zero attached hydrogens (tertiary/aromatic N) is 2. The zero-order valence-corrected chi connectivity index (χ0v) is 11.0. The highest BCUT2D eigenvalue weighted by Crippen LogP contribution is 2.28. The molecule has 2 aromatic carbocycles. The van der Waals surface area contributed by atoms with E-state index in [0.717, 1.165) is 0 Å². The molecule has 0 heterocycles. The van der Waals surface area contributed by atoms with Crippen molar-refractivity contribution in [1.82, 2.24) is 0 Å². The molecule has 0 saturated carbocycles. The van der Waals surface area contributed by atoms with Crippen LogP contribution < -0.4 is 4.74 Å². The van der Waals surface area contributed by atoms with Crippen LogP contribution in [0.3, 0.4) is 0 Å². The van der Waals surface area contributed by atoms with Gasteiger partial charge >= 0.3 is 0 Å². The normalized spacial score (nSPS) is 9.80. The molecule has 0 aliphatic carbocycles. The maximum Gasteiger partial charge on any atom is 0.277 e. The van der Waals surface area contributed by atoms with Crippen molar-refractivity contribution in [2.75, 3.05) is 0 Å². The summed E-state index contributed by atoms with van der Waals surface area (Å²) in [5.74, 6) is 0.365. The van der Waals surface area contributed by atoms with Gasteiger partial charge in [0.05, 0.1) is 21.1 Å². The molecule has 2 rings (SSSR count). The SMILES string of the molecule is N#Cc1ccccc1OCc1c(Cl)cccc1[N+](=O)[O-]. The molecule has 0 aromatic heterocycles. The van der Waals surface area contributed by atoms with Crippen molar-refractivity contribution in [2.45, 2.75) is 6.61 Å². The molecular formula is C14H9ClN2O3. The summed E-state index contributed by atoms with van der Waals surface area (Å²) < 4.78 is 5.47. The first-order valence-corrected chi connectivity index (χ1v) is 6.05. The lowest BCUT2D eigenvalue weighted by Crippen LogP contribution is -2.02. The van der Waals surface area contributed by atoms with E-state index in [2.05, 4.69) is 0 Å². The molecule has 100 valence electrons. The average Bonchev–Trinajstić information content (AvgIpc) is 2.46. The van der Waals surface area contributed by atoms with Crippen LogP contribution in [0.2, 0.25) is 5.02 Å². The van der Waals surface area contributed by atoms with Gasteiger partial charge in [-0.25, -0.2) is 0 Å². The van der Waals surface area contributed by atoms with Gasteiger partial charge in [-0.05, 0) is 18.2 Å². The first-order valence-electron chi connectivity index (χ1n) is 5.67. The molecule has 0 amide bonds. The van der Waals surface area contributed by atoms with Gasteiger partial charge in [0.15, 0.2) is 0 Å². The highest BCUT2D eigenvalue weighted by atomic mass is 35.5. The van der Waals surface area contributed by atoms with Crippen LogP contribution >= 0.6 is 11.6 Å². The number of nitro groups is 1. The summed E-state index contributed by atoms with van der Waals surface area (Å²) >= 11 is 5.96. The molecule has 2 aromatic rings. The standard InChI is InChI=1S/C14H9ClN2O3/c15-12-5-3-6-13(17(18)19)11(12)9-20-14-7-2-1-4-10(14)8-16/h1-7H,9H2. The minimum atomic E-state index is -0.513. The number of nitro benzene ring substituents is 1. The Balaban J connectivity index is 2.28. The van der Waals surface area contributed by atoms with Crippen LogP contribution in [-0.2, 0) is 6.61 Å². The summed E-state index contributed by atoms with van der Waals surface area (Å²) in [5.41, 5.74) is 0.543. The summed E-state index contributed by atoms with van der Waals surface area (Å²) in [5, 5.41) is 20.2. The van der Waals surface area contributed by atoms with E-state index in [-0.39, 0.29) is 22.9 Å². The second-order valence-electron chi connectivity index (χ2n) is 3.89. The van der Waals surface area contributed by atoms with Crippen LogP contribution in [0.4, 0.5) is 5.69 Å². The van der Waals surface area contributed by atoms with Crippen molar-refractivity contribution in [2.24, 2.45) is 0 Å². The lowest BCUT2D eigenvalue weighted by molar-refractivity contribution is -0.385. The molecule has 5 nitrogen and oxygen atoms in total. The molecule has 0 atom stereocenters. The highest BCUT2D eigenvalue weighted by molar-refractivity contribution is 6.31.